The van der Waals surface area contributed by atoms with Crippen LogP contribution in [0.3, 0.4) is 0 Å². The van der Waals surface area contributed by atoms with Gasteiger partial charge in [0.1, 0.15) is 17.3 Å². The molecular formula is C28H31FN2O4S. The summed E-state index contributed by atoms with van der Waals surface area (Å²) in [7, 11) is -2.14. The number of ether oxygens (including phenoxy) is 1. The summed E-state index contributed by atoms with van der Waals surface area (Å²) in [6.07, 6.45) is 3.19. The topological polar surface area (TPSA) is 76.7 Å². The molecule has 8 heteroatoms. The van der Waals surface area contributed by atoms with Crippen LogP contribution in [0, 0.1) is 12.7 Å². The number of nitrogens with one attached hydrogen (secondary N) is 2. The minimum absolute atomic E-state index is 0.172. The Labute approximate surface area is 212 Å². The summed E-state index contributed by atoms with van der Waals surface area (Å²) < 4.78 is 47.9. The maximum atomic E-state index is 14.0. The van der Waals surface area contributed by atoms with Crippen molar-refractivity contribution in [3.8, 4) is 22.6 Å². The maximum absolute atomic E-state index is 14.0. The van der Waals surface area contributed by atoms with E-state index in [0.717, 1.165) is 45.3 Å². The number of hydrogen-bond acceptors (Lipinski definition) is 6. The first-order valence-electron chi connectivity index (χ1n) is 11.6. The summed E-state index contributed by atoms with van der Waals surface area (Å²) in [5.74, 6) is 0.344. The van der Waals surface area contributed by atoms with Crippen molar-refractivity contribution < 1.29 is 21.7 Å². The molecule has 3 aromatic rings. The first-order valence-corrected chi connectivity index (χ1v) is 13.4. The zero-order valence-corrected chi connectivity index (χ0v) is 22.1. The summed E-state index contributed by atoms with van der Waals surface area (Å²) in [5.41, 5.74) is 7.34. The number of rotatable bonds is 7. The third kappa shape index (κ3) is 5.49. The second kappa shape index (κ2) is 9.50. The van der Waals surface area contributed by atoms with E-state index < -0.39 is 10.1 Å². The van der Waals surface area contributed by atoms with Crippen LogP contribution in [0.25, 0.3) is 16.7 Å². The summed E-state index contributed by atoms with van der Waals surface area (Å²) in [6, 6.07) is 13.7. The summed E-state index contributed by atoms with van der Waals surface area (Å²) in [5, 5.41) is 7.00. The predicted octanol–water partition coefficient (Wildman–Crippen LogP) is 6.37. The number of anilines is 2. The summed E-state index contributed by atoms with van der Waals surface area (Å²) in [6.45, 7) is 8.68. The van der Waals surface area contributed by atoms with Gasteiger partial charge in [0.05, 0.1) is 18.9 Å². The van der Waals surface area contributed by atoms with Crippen LogP contribution >= 0.6 is 0 Å². The molecule has 0 unspecified atom stereocenters. The molecule has 0 saturated heterocycles. The Balaban J connectivity index is 1.86. The Bertz CT molecular complexity index is 1460. The van der Waals surface area contributed by atoms with Crippen LogP contribution in [0.1, 0.15) is 37.5 Å². The Morgan fingerprint density at radius 2 is 1.75 bits per heavy atom. The van der Waals surface area contributed by atoms with E-state index in [1.54, 1.807) is 24.3 Å². The Morgan fingerprint density at radius 3 is 2.44 bits per heavy atom. The third-order valence-electron chi connectivity index (χ3n) is 6.11. The van der Waals surface area contributed by atoms with Gasteiger partial charge in [-0.3, -0.25) is 0 Å². The van der Waals surface area contributed by atoms with Crippen molar-refractivity contribution >= 4 is 27.1 Å². The smallest absolute Gasteiger partial charge is 0.306 e. The molecule has 1 aliphatic rings. The second-order valence-corrected chi connectivity index (χ2v) is 11.2. The lowest BCUT2D eigenvalue weighted by molar-refractivity contribution is 0.413. The number of benzene rings is 3. The second-order valence-electron chi connectivity index (χ2n) is 9.65. The lowest BCUT2D eigenvalue weighted by Gasteiger charge is -2.33. The highest BCUT2D eigenvalue weighted by molar-refractivity contribution is 7.86. The van der Waals surface area contributed by atoms with Crippen LogP contribution in [0.2, 0.25) is 0 Å². The lowest BCUT2D eigenvalue weighted by Crippen LogP contribution is -2.32. The molecule has 36 heavy (non-hydrogen) atoms. The van der Waals surface area contributed by atoms with Gasteiger partial charge in [-0.2, -0.15) is 8.42 Å². The van der Waals surface area contributed by atoms with Gasteiger partial charge >= 0.3 is 10.1 Å². The van der Waals surface area contributed by atoms with E-state index in [-0.39, 0.29) is 17.1 Å². The molecule has 6 nitrogen and oxygen atoms in total. The average molecular weight is 511 g/mol. The van der Waals surface area contributed by atoms with E-state index in [4.69, 9.17) is 8.92 Å². The average Bonchev–Trinajstić information content (AvgIpc) is 2.77. The van der Waals surface area contributed by atoms with Crippen molar-refractivity contribution in [3.05, 3.63) is 77.1 Å². The fraction of sp³-hybridized carbons (Fsp3) is 0.286. The van der Waals surface area contributed by atoms with Crippen molar-refractivity contribution in [1.29, 1.82) is 0 Å². The molecule has 0 fully saturated rings. The molecule has 0 aliphatic carbocycles. The number of hydrogen-bond donors (Lipinski definition) is 2. The maximum Gasteiger partial charge on any atom is 0.306 e. The molecular weight excluding hydrogens is 479 g/mol. The fourth-order valence-electron chi connectivity index (χ4n) is 4.72. The number of fused-ring (bicyclic) bond motifs is 1. The quantitative estimate of drug-likeness (QED) is 0.360. The van der Waals surface area contributed by atoms with E-state index in [1.807, 2.05) is 19.1 Å². The first-order chi connectivity index (χ1) is 16.9. The Morgan fingerprint density at radius 1 is 1.03 bits per heavy atom. The normalized spacial score (nSPS) is 14.4. The van der Waals surface area contributed by atoms with E-state index in [9.17, 15) is 12.8 Å². The highest BCUT2D eigenvalue weighted by Gasteiger charge is 2.27. The van der Waals surface area contributed by atoms with E-state index in [2.05, 4.69) is 37.5 Å². The minimum Gasteiger partial charge on any atom is -0.496 e. The Hall–Kier alpha value is -3.52. The van der Waals surface area contributed by atoms with Gasteiger partial charge in [0.2, 0.25) is 0 Å². The number of halogens is 1. The molecule has 0 radical (unpaired) electrons. The van der Waals surface area contributed by atoms with Crippen LogP contribution in [0.4, 0.5) is 15.8 Å². The van der Waals surface area contributed by atoms with E-state index in [1.165, 1.54) is 19.2 Å². The van der Waals surface area contributed by atoms with Crippen LogP contribution in [-0.2, 0) is 16.7 Å². The SMILES string of the molecule is COc1cc(OS(C)(=O)=O)ccc1-c1ccc2c(c1CNc1cc(F)ccc1C)C(C)=CC(C)(C)N2. The van der Waals surface area contributed by atoms with Crippen molar-refractivity contribution in [2.24, 2.45) is 0 Å². The highest BCUT2D eigenvalue weighted by Crippen LogP contribution is 2.43. The van der Waals surface area contributed by atoms with Gasteiger partial charge in [0.15, 0.2) is 0 Å². The first kappa shape index (κ1) is 25.6. The largest absolute Gasteiger partial charge is 0.496 e. The molecule has 0 bridgehead atoms. The number of aryl methyl sites for hydroxylation is 1. The molecule has 1 heterocycles. The van der Waals surface area contributed by atoms with Gasteiger partial charge < -0.3 is 19.6 Å². The minimum atomic E-state index is -3.68. The molecule has 0 amide bonds. The van der Waals surface area contributed by atoms with Gasteiger partial charge in [0, 0.05) is 35.1 Å². The van der Waals surface area contributed by atoms with E-state index in [0.29, 0.717) is 18.0 Å². The molecule has 3 aromatic carbocycles. The summed E-state index contributed by atoms with van der Waals surface area (Å²) in [4.78, 5) is 0. The zero-order chi connectivity index (χ0) is 26.3. The lowest BCUT2D eigenvalue weighted by atomic mass is 9.85. The molecule has 0 atom stereocenters. The molecule has 1 aliphatic heterocycles. The highest BCUT2D eigenvalue weighted by atomic mass is 32.2. The molecule has 0 aromatic heterocycles. The zero-order valence-electron chi connectivity index (χ0n) is 21.3. The van der Waals surface area contributed by atoms with Crippen LogP contribution < -0.4 is 19.6 Å². The molecule has 190 valence electrons. The third-order valence-corrected chi connectivity index (χ3v) is 6.60. The van der Waals surface area contributed by atoms with Gasteiger partial charge in [-0.25, -0.2) is 4.39 Å². The standard InChI is InChI=1S/C28H31FN2O4S/c1-17-7-8-19(29)13-25(17)30-16-23-21(11-12-24-27(23)18(2)15-28(3,4)31-24)22-10-9-20(14-26(22)34-5)35-36(6,32)33/h7-15,30-31H,16H2,1-6H3. The summed E-state index contributed by atoms with van der Waals surface area (Å²) >= 11 is 0. The van der Waals surface area contributed by atoms with Gasteiger partial charge in [-0.05, 0) is 80.3 Å². The monoisotopic (exact) mass is 510 g/mol. The number of methoxy groups -OCH3 is 1. The van der Waals surface area contributed by atoms with Gasteiger partial charge in [-0.15, -0.1) is 0 Å². The fourth-order valence-corrected chi connectivity index (χ4v) is 5.18. The van der Waals surface area contributed by atoms with Crippen molar-refractivity contribution in [2.45, 2.75) is 39.8 Å². The molecule has 0 saturated carbocycles. The van der Waals surface area contributed by atoms with E-state index >= 15 is 0 Å². The molecule has 4 rings (SSSR count). The number of allylic oxidation sites excluding steroid dienone is 1. The van der Waals surface area contributed by atoms with Crippen LogP contribution in [-0.4, -0.2) is 27.3 Å². The van der Waals surface area contributed by atoms with Crippen molar-refractivity contribution in [2.75, 3.05) is 24.0 Å². The van der Waals surface area contributed by atoms with Crippen LogP contribution in [0.15, 0.2) is 54.6 Å². The molecule has 0 spiro atoms. The predicted molar refractivity (Wildman–Crippen MR) is 144 cm³/mol. The Kier molecular flexibility index (Phi) is 6.75. The van der Waals surface area contributed by atoms with Crippen molar-refractivity contribution in [1.82, 2.24) is 0 Å². The van der Waals surface area contributed by atoms with Gasteiger partial charge in [0.25, 0.3) is 0 Å². The van der Waals surface area contributed by atoms with Gasteiger partial charge in [-0.1, -0.05) is 18.2 Å². The molecule has 2 N–H and O–H groups in total. The van der Waals surface area contributed by atoms with Crippen LogP contribution in [0.5, 0.6) is 11.5 Å². The van der Waals surface area contributed by atoms with Crippen molar-refractivity contribution in [3.63, 3.8) is 0 Å².